The summed E-state index contributed by atoms with van der Waals surface area (Å²) in [4.78, 5) is 37.5. The lowest BCUT2D eigenvalue weighted by Gasteiger charge is -2.37. The Morgan fingerprint density at radius 1 is 0.935 bits per heavy atom. The van der Waals surface area contributed by atoms with Crippen molar-refractivity contribution in [3.8, 4) is 11.5 Å². The van der Waals surface area contributed by atoms with E-state index >= 15 is 0 Å². The maximum Gasteiger partial charge on any atom is 0.472 e. The van der Waals surface area contributed by atoms with Crippen molar-refractivity contribution in [3.05, 3.63) is 128 Å². The smallest absolute Gasteiger partial charge is 0.472 e. The number of hydrogen-bond donors (Lipinski definition) is 2. The molecule has 2 heterocycles. The summed E-state index contributed by atoms with van der Waals surface area (Å²) in [6, 6.07) is 24.6. The number of methoxy groups -OCH3 is 2. The van der Waals surface area contributed by atoms with Gasteiger partial charge in [-0.05, 0) is 54.8 Å². The minimum atomic E-state index is -4.49. The predicted octanol–water partition coefficient (Wildman–Crippen LogP) is 4.68. The van der Waals surface area contributed by atoms with E-state index in [0.717, 1.165) is 16.7 Å². The van der Waals surface area contributed by atoms with E-state index in [1.807, 2.05) is 78.9 Å². The first-order chi connectivity index (χ1) is 22.1. The number of aromatic nitrogens is 2. The van der Waals surface area contributed by atoms with Crippen LogP contribution < -0.4 is 20.7 Å². The molecule has 1 unspecified atom stereocenters. The summed E-state index contributed by atoms with van der Waals surface area (Å²) >= 11 is 0. The van der Waals surface area contributed by atoms with Crippen molar-refractivity contribution in [2.24, 2.45) is 0 Å². The second-order valence-electron chi connectivity index (χ2n) is 10.7. The van der Waals surface area contributed by atoms with Gasteiger partial charge in [0.2, 0.25) is 0 Å². The number of aromatic amines is 1. The van der Waals surface area contributed by atoms with Crippen molar-refractivity contribution in [1.29, 1.82) is 0 Å². The van der Waals surface area contributed by atoms with Crippen LogP contribution in [0.15, 0.2) is 94.6 Å². The number of ether oxygens (including phenoxy) is 4. The molecule has 0 radical (unpaired) electrons. The average Bonchev–Trinajstić information content (AvgIpc) is 3.45. The van der Waals surface area contributed by atoms with Gasteiger partial charge in [0, 0.05) is 18.2 Å². The number of hydrogen-bond acceptors (Lipinski definition) is 9. The number of phosphoric acid groups is 1. The Labute approximate surface area is 266 Å². The third-order valence-electron chi connectivity index (χ3n) is 7.83. The maximum absolute atomic E-state index is 12.8. The van der Waals surface area contributed by atoms with Crippen LogP contribution in [0.2, 0.25) is 0 Å². The third-order valence-corrected chi connectivity index (χ3v) is 8.96. The largest absolute Gasteiger partial charge is 0.497 e. The van der Waals surface area contributed by atoms with Gasteiger partial charge in [-0.2, -0.15) is 0 Å². The average molecular weight is 653 g/mol. The molecule has 0 bridgehead atoms. The summed E-state index contributed by atoms with van der Waals surface area (Å²) in [7, 11) is -1.32. The fraction of sp³-hybridized carbons (Fsp3) is 0.333. The van der Waals surface area contributed by atoms with Gasteiger partial charge in [-0.1, -0.05) is 54.6 Å². The second-order valence-corrected chi connectivity index (χ2v) is 12.1. The summed E-state index contributed by atoms with van der Waals surface area (Å²) < 4.78 is 48.7. The minimum Gasteiger partial charge on any atom is -0.497 e. The van der Waals surface area contributed by atoms with Crippen LogP contribution in [0, 0.1) is 6.92 Å². The van der Waals surface area contributed by atoms with Crippen molar-refractivity contribution in [2.75, 3.05) is 27.4 Å². The van der Waals surface area contributed by atoms with Gasteiger partial charge in [0.25, 0.3) is 5.56 Å². The molecule has 1 aliphatic heterocycles. The molecule has 244 valence electrons. The molecule has 46 heavy (non-hydrogen) atoms. The predicted molar refractivity (Wildman–Crippen MR) is 169 cm³/mol. The second kappa shape index (κ2) is 14.2. The minimum absolute atomic E-state index is 0.000446. The van der Waals surface area contributed by atoms with E-state index in [4.69, 9.17) is 28.0 Å². The highest BCUT2D eigenvalue weighted by Crippen LogP contribution is 2.49. The fourth-order valence-corrected chi connectivity index (χ4v) is 6.53. The molecular weight excluding hydrogens is 615 g/mol. The molecular formula is C33H37N2O10P. The van der Waals surface area contributed by atoms with Crippen LogP contribution in [0.25, 0.3) is 0 Å². The zero-order chi connectivity index (χ0) is 32.9. The molecule has 5 rings (SSSR count). The van der Waals surface area contributed by atoms with E-state index in [0.29, 0.717) is 17.1 Å². The zero-order valence-electron chi connectivity index (χ0n) is 26.0. The molecule has 0 amide bonds. The molecule has 3 aromatic carbocycles. The number of aryl methyl sites for hydroxylation is 1. The fourth-order valence-electron chi connectivity index (χ4n) is 5.58. The Kier molecular flexibility index (Phi) is 10.3. The van der Waals surface area contributed by atoms with Crippen LogP contribution in [0.3, 0.4) is 0 Å². The highest BCUT2D eigenvalue weighted by molar-refractivity contribution is 7.47. The Morgan fingerprint density at radius 3 is 2.04 bits per heavy atom. The van der Waals surface area contributed by atoms with Crippen LogP contribution in [0.4, 0.5) is 0 Å². The summed E-state index contributed by atoms with van der Waals surface area (Å²) in [6.45, 7) is 2.93. The van der Waals surface area contributed by atoms with Gasteiger partial charge < -0.3 is 23.8 Å². The number of rotatable bonds is 13. The van der Waals surface area contributed by atoms with Crippen LogP contribution in [-0.2, 0) is 28.7 Å². The quantitative estimate of drug-likeness (QED) is 0.154. The lowest BCUT2D eigenvalue weighted by atomic mass is 9.80. The van der Waals surface area contributed by atoms with E-state index in [1.165, 1.54) is 10.8 Å². The van der Waals surface area contributed by atoms with Crippen molar-refractivity contribution in [2.45, 2.75) is 44.3 Å². The lowest BCUT2D eigenvalue weighted by Crippen LogP contribution is -2.38. The molecule has 12 nitrogen and oxygen atoms in total. The first-order valence-corrected chi connectivity index (χ1v) is 16.2. The van der Waals surface area contributed by atoms with E-state index in [1.54, 1.807) is 28.1 Å². The van der Waals surface area contributed by atoms with Gasteiger partial charge in [-0.15, -0.1) is 0 Å². The molecule has 1 aromatic heterocycles. The van der Waals surface area contributed by atoms with Crippen LogP contribution >= 0.6 is 7.82 Å². The van der Waals surface area contributed by atoms with Gasteiger partial charge in [-0.3, -0.25) is 23.4 Å². The number of nitrogens with zero attached hydrogens (tertiary/aromatic N) is 1. The maximum atomic E-state index is 12.8. The lowest BCUT2D eigenvalue weighted by molar-refractivity contribution is -0.0939. The number of nitrogens with one attached hydrogen (secondary N) is 1. The number of phosphoric ester groups is 1. The summed E-state index contributed by atoms with van der Waals surface area (Å²) in [5.41, 5.74) is 0.219. The van der Waals surface area contributed by atoms with E-state index in [-0.39, 0.29) is 19.6 Å². The third kappa shape index (κ3) is 7.02. The van der Waals surface area contributed by atoms with Gasteiger partial charge in [0.1, 0.15) is 35.5 Å². The Bertz CT molecular complexity index is 1730. The van der Waals surface area contributed by atoms with Crippen molar-refractivity contribution < 1.29 is 37.5 Å². The Balaban J connectivity index is 1.59. The van der Waals surface area contributed by atoms with Crippen LogP contribution in [-0.4, -0.2) is 54.1 Å². The summed E-state index contributed by atoms with van der Waals surface area (Å²) in [6.07, 6.45) is -1.51. The van der Waals surface area contributed by atoms with Gasteiger partial charge in [0.15, 0.2) is 0 Å². The van der Waals surface area contributed by atoms with Gasteiger partial charge in [-0.25, -0.2) is 9.36 Å². The highest BCUT2D eigenvalue weighted by atomic mass is 31.2. The monoisotopic (exact) mass is 652 g/mol. The Morgan fingerprint density at radius 2 is 1.50 bits per heavy atom. The number of H-pyrrole nitrogens is 1. The first kappa shape index (κ1) is 33.3. The standard InChI is InChI=1S/C33H37N2O10P/c1-5-43-46(38,39)45-28-19-30(35-20-22(2)31(36)34-32(35)37)44-29(28)21-42-33(23-9-7-6-8-10-23,24-11-15-26(40-3)16-12-24)25-13-17-27(41-4)18-14-25/h6-18,20,28-30H,5,19,21H2,1-4H3,(H,38,39)(H,34,36,37)/t28-,29+,30+/m0/s1. The summed E-state index contributed by atoms with van der Waals surface area (Å²) in [5, 5.41) is 0. The molecule has 13 heteroatoms. The van der Waals surface area contributed by atoms with Crippen LogP contribution in [0.1, 0.15) is 41.8 Å². The van der Waals surface area contributed by atoms with E-state index in [2.05, 4.69) is 4.98 Å². The number of benzene rings is 3. The molecule has 0 spiro atoms. The van der Waals surface area contributed by atoms with Crippen molar-refractivity contribution >= 4 is 7.82 Å². The molecule has 1 aliphatic rings. The highest BCUT2D eigenvalue weighted by Gasteiger charge is 2.45. The Hall–Kier alpha value is -4.03. The molecule has 4 aromatic rings. The van der Waals surface area contributed by atoms with Gasteiger partial charge >= 0.3 is 13.5 Å². The zero-order valence-corrected chi connectivity index (χ0v) is 26.8. The molecule has 4 atom stereocenters. The molecule has 2 N–H and O–H groups in total. The van der Waals surface area contributed by atoms with E-state index < -0.39 is 43.1 Å². The first-order valence-electron chi connectivity index (χ1n) is 14.7. The summed E-state index contributed by atoms with van der Waals surface area (Å²) in [5.74, 6) is 1.32. The molecule has 1 fully saturated rings. The van der Waals surface area contributed by atoms with Crippen LogP contribution in [0.5, 0.6) is 11.5 Å². The normalized spacial score (nSPS) is 19.5. The SMILES string of the molecule is CCOP(=O)(O)O[C@H]1C[C@H](n2cc(C)c(=O)[nH]c2=O)O[C@@H]1COC(c1ccccc1)(c1ccc(OC)cc1)c1ccc(OC)cc1. The topological polar surface area (TPSA) is 148 Å². The van der Waals surface area contributed by atoms with Crippen molar-refractivity contribution in [3.63, 3.8) is 0 Å². The van der Waals surface area contributed by atoms with Crippen molar-refractivity contribution in [1.82, 2.24) is 9.55 Å². The van der Waals surface area contributed by atoms with Gasteiger partial charge in [0.05, 0.1) is 27.4 Å². The van der Waals surface area contributed by atoms with E-state index in [9.17, 15) is 19.0 Å². The molecule has 1 saturated heterocycles. The molecule has 0 saturated carbocycles. The molecule has 0 aliphatic carbocycles.